The van der Waals surface area contributed by atoms with Crippen molar-refractivity contribution >= 4 is 23.3 Å². The number of hydrogen-bond donors (Lipinski definition) is 1. The normalized spacial score (nSPS) is 12.2. The van der Waals surface area contributed by atoms with Crippen LogP contribution in [0.5, 0.6) is 0 Å². The smallest absolute Gasteiger partial charge is 0.250 e. The van der Waals surface area contributed by atoms with E-state index in [1.807, 2.05) is 20.0 Å². The Bertz CT molecular complexity index is 926. The van der Waals surface area contributed by atoms with Crippen LogP contribution in [0.2, 0.25) is 5.02 Å². The van der Waals surface area contributed by atoms with Gasteiger partial charge < -0.3 is 5.32 Å². The molecule has 136 valence electrons. The van der Waals surface area contributed by atoms with Crippen LogP contribution in [0.15, 0.2) is 36.5 Å². The molecule has 3 rings (SSSR count). The zero-order chi connectivity index (χ0) is 18.8. The number of aromatic nitrogens is 4. The van der Waals surface area contributed by atoms with Gasteiger partial charge in [0.1, 0.15) is 6.04 Å². The second kappa shape index (κ2) is 7.33. The number of nitrogens with one attached hydrogen (secondary N) is 1. The first kappa shape index (κ1) is 18.2. The predicted octanol–water partition coefficient (Wildman–Crippen LogP) is 3.91. The molecule has 1 N–H and O–H groups in total. The van der Waals surface area contributed by atoms with Gasteiger partial charge in [-0.25, -0.2) is 0 Å². The van der Waals surface area contributed by atoms with E-state index in [9.17, 15) is 4.79 Å². The number of anilines is 1. The lowest BCUT2D eigenvalue weighted by molar-refractivity contribution is -0.119. The average Bonchev–Trinajstić information content (AvgIpc) is 3.15. The van der Waals surface area contributed by atoms with E-state index >= 15 is 0 Å². The summed E-state index contributed by atoms with van der Waals surface area (Å²) in [5.41, 5.74) is 3.87. The molecule has 0 bridgehead atoms. The second-order valence-corrected chi connectivity index (χ2v) is 6.86. The third-order valence-electron chi connectivity index (χ3n) is 4.34. The summed E-state index contributed by atoms with van der Waals surface area (Å²) in [6, 6.07) is 9.59. The summed E-state index contributed by atoms with van der Waals surface area (Å²) >= 11 is 6.17. The lowest BCUT2D eigenvalue weighted by Crippen LogP contribution is -2.25. The van der Waals surface area contributed by atoms with Gasteiger partial charge in [-0.3, -0.25) is 14.2 Å². The average molecular weight is 372 g/mol. The summed E-state index contributed by atoms with van der Waals surface area (Å²) in [6.45, 7) is 8.17. The van der Waals surface area contributed by atoms with Crippen molar-refractivity contribution < 1.29 is 4.79 Å². The summed E-state index contributed by atoms with van der Waals surface area (Å²) in [7, 11) is 0. The number of rotatable bonds is 5. The van der Waals surface area contributed by atoms with Crippen molar-refractivity contribution in [1.29, 1.82) is 0 Å². The van der Waals surface area contributed by atoms with Crippen LogP contribution in [0.1, 0.15) is 35.5 Å². The highest BCUT2D eigenvalue weighted by molar-refractivity contribution is 6.31. The Morgan fingerprint density at radius 3 is 2.46 bits per heavy atom. The van der Waals surface area contributed by atoms with Crippen molar-refractivity contribution in [2.45, 2.75) is 40.3 Å². The molecule has 0 spiro atoms. The first-order valence-corrected chi connectivity index (χ1v) is 8.84. The molecule has 2 aromatic heterocycles. The first-order valence-electron chi connectivity index (χ1n) is 8.46. The predicted molar refractivity (Wildman–Crippen MR) is 103 cm³/mol. The van der Waals surface area contributed by atoms with E-state index in [1.165, 1.54) is 5.56 Å². The van der Waals surface area contributed by atoms with Crippen molar-refractivity contribution in [2.75, 3.05) is 5.32 Å². The Hall–Kier alpha value is -2.60. The molecule has 0 aliphatic carbocycles. The largest absolute Gasteiger partial charge is 0.307 e. The molecule has 3 aromatic rings. The van der Waals surface area contributed by atoms with E-state index in [2.05, 4.69) is 46.7 Å². The third-order valence-corrected chi connectivity index (χ3v) is 4.89. The monoisotopic (exact) mass is 371 g/mol. The topological polar surface area (TPSA) is 64.7 Å². The Labute approximate surface area is 157 Å². The zero-order valence-corrected chi connectivity index (χ0v) is 16.1. The van der Waals surface area contributed by atoms with Crippen molar-refractivity contribution in [3.63, 3.8) is 0 Å². The number of carbonyl (C=O) groups excluding carboxylic acids is 1. The molecule has 1 aromatic carbocycles. The SMILES string of the molecule is Cc1ccc(Cn2ccc(NC(=O)C(C)n3nc(C)c(Cl)c3C)n2)cc1. The van der Waals surface area contributed by atoms with Gasteiger partial charge in [0.15, 0.2) is 5.82 Å². The Kier molecular flexibility index (Phi) is 5.13. The molecular formula is C19H22ClN5O. The summed E-state index contributed by atoms with van der Waals surface area (Å²) in [5.74, 6) is 0.328. The van der Waals surface area contributed by atoms with Gasteiger partial charge in [0.2, 0.25) is 5.91 Å². The van der Waals surface area contributed by atoms with Crippen LogP contribution >= 0.6 is 11.6 Å². The fraction of sp³-hybridized carbons (Fsp3) is 0.316. The van der Waals surface area contributed by atoms with Gasteiger partial charge >= 0.3 is 0 Å². The minimum Gasteiger partial charge on any atom is -0.307 e. The molecule has 0 saturated carbocycles. The van der Waals surface area contributed by atoms with E-state index in [-0.39, 0.29) is 5.91 Å². The molecule has 2 heterocycles. The summed E-state index contributed by atoms with van der Waals surface area (Å²) in [4.78, 5) is 12.5. The molecular weight excluding hydrogens is 350 g/mol. The maximum Gasteiger partial charge on any atom is 0.250 e. The Balaban J connectivity index is 1.67. The molecule has 1 atom stereocenters. The number of hydrogen-bond acceptors (Lipinski definition) is 3. The van der Waals surface area contributed by atoms with Gasteiger partial charge in [-0.2, -0.15) is 10.2 Å². The fourth-order valence-corrected chi connectivity index (χ4v) is 2.88. The number of amides is 1. The van der Waals surface area contributed by atoms with E-state index in [0.717, 1.165) is 11.3 Å². The van der Waals surface area contributed by atoms with Crippen LogP contribution in [-0.4, -0.2) is 25.5 Å². The van der Waals surface area contributed by atoms with E-state index in [1.54, 1.807) is 22.4 Å². The lowest BCUT2D eigenvalue weighted by atomic mass is 10.1. The maximum atomic E-state index is 12.5. The Morgan fingerprint density at radius 2 is 1.85 bits per heavy atom. The minimum atomic E-state index is -0.483. The van der Waals surface area contributed by atoms with Crippen LogP contribution in [0.3, 0.4) is 0 Å². The number of halogens is 1. The van der Waals surface area contributed by atoms with Gasteiger partial charge in [0.25, 0.3) is 0 Å². The third kappa shape index (κ3) is 3.80. The standard InChI is InChI=1S/C19H22ClN5O/c1-12-5-7-16(8-6-12)11-24-10-9-17(23-24)21-19(26)15(4)25-14(3)18(20)13(2)22-25/h5-10,15H,11H2,1-4H3,(H,21,23,26). The van der Waals surface area contributed by atoms with E-state index in [4.69, 9.17) is 11.6 Å². The molecule has 0 aliphatic heterocycles. The highest BCUT2D eigenvalue weighted by Crippen LogP contribution is 2.22. The number of carbonyl (C=O) groups is 1. The number of benzene rings is 1. The minimum absolute atomic E-state index is 0.187. The van der Waals surface area contributed by atoms with E-state index < -0.39 is 6.04 Å². The molecule has 0 radical (unpaired) electrons. The molecule has 0 fully saturated rings. The molecule has 1 amide bonds. The molecule has 0 aliphatic rings. The van der Waals surface area contributed by atoms with Crippen LogP contribution in [0.4, 0.5) is 5.82 Å². The van der Waals surface area contributed by atoms with Crippen LogP contribution in [-0.2, 0) is 11.3 Å². The van der Waals surface area contributed by atoms with Gasteiger partial charge in [-0.15, -0.1) is 0 Å². The molecule has 6 nitrogen and oxygen atoms in total. The number of nitrogens with zero attached hydrogens (tertiary/aromatic N) is 4. The first-order chi connectivity index (χ1) is 12.3. The summed E-state index contributed by atoms with van der Waals surface area (Å²) < 4.78 is 3.43. The summed E-state index contributed by atoms with van der Waals surface area (Å²) in [5, 5.41) is 12.2. The van der Waals surface area contributed by atoms with Gasteiger partial charge in [-0.05, 0) is 33.3 Å². The maximum absolute atomic E-state index is 12.5. The van der Waals surface area contributed by atoms with Crippen molar-refractivity contribution in [3.05, 3.63) is 64.1 Å². The number of aryl methyl sites for hydroxylation is 2. The molecule has 1 unspecified atom stereocenters. The van der Waals surface area contributed by atoms with Gasteiger partial charge in [0, 0.05) is 12.3 Å². The van der Waals surface area contributed by atoms with E-state index in [0.29, 0.717) is 23.1 Å². The van der Waals surface area contributed by atoms with Gasteiger partial charge in [0.05, 0.1) is 23.0 Å². The quantitative estimate of drug-likeness (QED) is 0.739. The lowest BCUT2D eigenvalue weighted by Gasteiger charge is -2.13. The highest BCUT2D eigenvalue weighted by atomic mass is 35.5. The molecule has 7 heteroatoms. The van der Waals surface area contributed by atoms with Crippen molar-refractivity contribution in [1.82, 2.24) is 19.6 Å². The molecule has 0 saturated heterocycles. The second-order valence-electron chi connectivity index (χ2n) is 6.48. The van der Waals surface area contributed by atoms with Crippen LogP contribution in [0, 0.1) is 20.8 Å². The van der Waals surface area contributed by atoms with Crippen molar-refractivity contribution in [3.8, 4) is 0 Å². The highest BCUT2D eigenvalue weighted by Gasteiger charge is 2.21. The summed E-state index contributed by atoms with van der Waals surface area (Å²) in [6.07, 6.45) is 1.85. The van der Waals surface area contributed by atoms with Crippen LogP contribution < -0.4 is 5.32 Å². The fourth-order valence-electron chi connectivity index (χ4n) is 2.76. The molecule has 26 heavy (non-hydrogen) atoms. The van der Waals surface area contributed by atoms with Crippen molar-refractivity contribution in [2.24, 2.45) is 0 Å². The Morgan fingerprint density at radius 1 is 1.15 bits per heavy atom. The van der Waals surface area contributed by atoms with Gasteiger partial charge in [-0.1, -0.05) is 41.4 Å². The van der Waals surface area contributed by atoms with Crippen LogP contribution in [0.25, 0.3) is 0 Å². The zero-order valence-electron chi connectivity index (χ0n) is 15.3.